The largest absolute Gasteiger partial charge is 0.338 e. The van der Waals surface area contributed by atoms with Crippen LogP contribution in [0.4, 0.5) is 10.5 Å². The van der Waals surface area contributed by atoms with Crippen LogP contribution in [0, 0.1) is 0 Å². The summed E-state index contributed by atoms with van der Waals surface area (Å²) in [5.74, 6) is 0. The van der Waals surface area contributed by atoms with Gasteiger partial charge >= 0.3 is 6.03 Å². The lowest BCUT2D eigenvalue weighted by atomic mass is 10.3. The van der Waals surface area contributed by atoms with Crippen LogP contribution in [0.3, 0.4) is 0 Å². The number of anilines is 1. The molecule has 0 radical (unpaired) electrons. The fourth-order valence-corrected chi connectivity index (χ4v) is 0.989. The van der Waals surface area contributed by atoms with Crippen LogP contribution in [0.15, 0.2) is 24.5 Å². The van der Waals surface area contributed by atoms with Crippen molar-refractivity contribution < 1.29 is 4.79 Å². The van der Waals surface area contributed by atoms with E-state index >= 15 is 0 Å². The minimum atomic E-state index is -0.162. The van der Waals surface area contributed by atoms with E-state index in [1.54, 1.807) is 24.5 Å². The number of hydrogen-bond acceptors (Lipinski definition) is 2. The Morgan fingerprint density at radius 1 is 1.43 bits per heavy atom. The Hall–Kier alpha value is -1.58. The molecule has 4 nitrogen and oxygen atoms in total. The predicted octanol–water partition coefficient (Wildman–Crippen LogP) is 2.00. The number of hydrogen-bond donors (Lipinski definition) is 2. The van der Waals surface area contributed by atoms with E-state index in [4.69, 9.17) is 0 Å². The van der Waals surface area contributed by atoms with Crippen molar-refractivity contribution in [2.75, 3.05) is 11.9 Å². The highest BCUT2D eigenvalue weighted by Crippen LogP contribution is 2.02. The summed E-state index contributed by atoms with van der Waals surface area (Å²) in [6, 6.07) is 3.34. The van der Waals surface area contributed by atoms with Gasteiger partial charge in [0.25, 0.3) is 0 Å². The fraction of sp³-hybridized carbons (Fsp3) is 0.400. The summed E-state index contributed by atoms with van der Waals surface area (Å²) >= 11 is 0. The lowest BCUT2D eigenvalue weighted by molar-refractivity contribution is 0.252. The van der Waals surface area contributed by atoms with Gasteiger partial charge in [-0.15, -0.1) is 0 Å². The van der Waals surface area contributed by atoms with Crippen LogP contribution in [0.1, 0.15) is 19.8 Å². The molecule has 0 saturated carbocycles. The standard InChI is InChI=1S/C10H15N3O/c1-2-3-6-12-10(14)13-9-4-7-11-8-5-9/h4-5,7-8H,2-3,6H2,1H3,(H2,11,12,13,14). The van der Waals surface area contributed by atoms with Gasteiger partial charge in [0, 0.05) is 24.6 Å². The molecule has 4 heteroatoms. The van der Waals surface area contributed by atoms with E-state index in [1.807, 2.05) is 0 Å². The number of carbonyl (C=O) groups is 1. The van der Waals surface area contributed by atoms with Gasteiger partial charge in [0.15, 0.2) is 0 Å². The van der Waals surface area contributed by atoms with Crippen LogP contribution < -0.4 is 10.6 Å². The van der Waals surface area contributed by atoms with Gasteiger partial charge in [-0.05, 0) is 18.6 Å². The first kappa shape index (κ1) is 10.5. The first-order valence-electron chi connectivity index (χ1n) is 4.78. The summed E-state index contributed by atoms with van der Waals surface area (Å²) in [5, 5.41) is 5.47. The first-order valence-corrected chi connectivity index (χ1v) is 4.78. The van der Waals surface area contributed by atoms with Crippen LogP contribution >= 0.6 is 0 Å². The van der Waals surface area contributed by atoms with Gasteiger partial charge in [0.2, 0.25) is 0 Å². The van der Waals surface area contributed by atoms with Gasteiger partial charge in [0.05, 0.1) is 0 Å². The molecule has 1 heterocycles. The maximum Gasteiger partial charge on any atom is 0.319 e. The van der Waals surface area contributed by atoms with E-state index in [1.165, 1.54) is 0 Å². The molecule has 0 fully saturated rings. The normalized spacial score (nSPS) is 9.50. The number of nitrogens with zero attached hydrogens (tertiary/aromatic N) is 1. The third kappa shape index (κ3) is 3.89. The minimum Gasteiger partial charge on any atom is -0.338 e. The molecule has 0 bridgehead atoms. The van der Waals surface area contributed by atoms with Crippen molar-refractivity contribution in [2.24, 2.45) is 0 Å². The first-order chi connectivity index (χ1) is 6.83. The number of aromatic nitrogens is 1. The number of pyridine rings is 1. The molecule has 14 heavy (non-hydrogen) atoms. The van der Waals surface area contributed by atoms with Crippen molar-refractivity contribution in [3.05, 3.63) is 24.5 Å². The zero-order valence-electron chi connectivity index (χ0n) is 8.29. The third-order valence-corrected chi connectivity index (χ3v) is 1.75. The molecule has 1 rings (SSSR count). The summed E-state index contributed by atoms with van der Waals surface area (Å²) < 4.78 is 0. The quantitative estimate of drug-likeness (QED) is 0.718. The van der Waals surface area contributed by atoms with Gasteiger partial charge in [-0.2, -0.15) is 0 Å². The molecule has 1 aromatic heterocycles. The van der Waals surface area contributed by atoms with Gasteiger partial charge < -0.3 is 10.6 Å². The topological polar surface area (TPSA) is 54.0 Å². The summed E-state index contributed by atoms with van der Waals surface area (Å²) in [4.78, 5) is 15.1. The summed E-state index contributed by atoms with van der Waals surface area (Å²) in [6.45, 7) is 2.80. The number of nitrogens with one attached hydrogen (secondary N) is 2. The van der Waals surface area contributed by atoms with E-state index in [0.717, 1.165) is 18.5 Å². The molecule has 0 atom stereocenters. The van der Waals surface area contributed by atoms with Gasteiger partial charge in [-0.1, -0.05) is 13.3 Å². The second-order valence-electron chi connectivity index (χ2n) is 2.97. The summed E-state index contributed by atoms with van der Waals surface area (Å²) in [5.41, 5.74) is 0.758. The highest BCUT2D eigenvalue weighted by molar-refractivity contribution is 5.88. The minimum absolute atomic E-state index is 0.162. The molecular weight excluding hydrogens is 178 g/mol. The Bertz CT molecular complexity index is 274. The zero-order chi connectivity index (χ0) is 10.2. The number of rotatable bonds is 4. The summed E-state index contributed by atoms with van der Waals surface area (Å²) in [7, 11) is 0. The Kier molecular flexibility index (Phi) is 4.47. The Balaban J connectivity index is 2.27. The Morgan fingerprint density at radius 2 is 2.14 bits per heavy atom. The van der Waals surface area contributed by atoms with E-state index < -0.39 is 0 Å². The van der Waals surface area contributed by atoms with Crippen LogP contribution in [0.25, 0.3) is 0 Å². The highest BCUT2D eigenvalue weighted by atomic mass is 16.2. The fourth-order valence-electron chi connectivity index (χ4n) is 0.989. The molecule has 76 valence electrons. The lowest BCUT2D eigenvalue weighted by Crippen LogP contribution is -2.29. The van der Waals surface area contributed by atoms with Crippen LogP contribution in [-0.4, -0.2) is 17.6 Å². The molecule has 1 aromatic rings. The molecule has 2 N–H and O–H groups in total. The van der Waals surface area contributed by atoms with E-state index in [2.05, 4.69) is 22.5 Å². The monoisotopic (exact) mass is 193 g/mol. The lowest BCUT2D eigenvalue weighted by Gasteiger charge is -2.05. The molecule has 0 unspecified atom stereocenters. The van der Waals surface area contributed by atoms with Gasteiger partial charge in [0.1, 0.15) is 0 Å². The van der Waals surface area contributed by atoms with Crippen molar-refractivity contribution in [1.29, 1.82) is 0 Å². The molecule has 2 amide bonds. The molecule has 0 spiro atoms. The van der Waals surface area contributed by atoms with Gasteiger partial charge in [-0.25, -0.2) is 4.79 Å². The molecular formula is C10H15N3O. The number of carbonyl (C=O) groups excluding carboxylic acids is 1. The number of urea groups is 1. The molecule has 0 aliphatic rings. The zero-order valence-corrected chi connectivity index (χ0v) is 8.29. The Morgan fingerprint density at radius 3 is 2.79 bits per heavy atom. The molecule has 0 saturated heterocycles. The van der Waals surface area contributed by atoms with Crippen molar-refractivity contribution in [1.82, 2.24) is 10.3 Å². The SMILES string of the molecule is CCCCNC(=O)Nc1ccncc1. The molecule has 0 aromatic carbocycles. The van der Waals surface area contributed by atoms with Crippen molar-refractivity contribution in [3.8, 4) is 0 Å². The maximum atomic E-state index is 11.2. The number of amides is 2. The smallest absolute Gasteiger partial charge is 0.319 e. The second-order valence-corrected chi connectivity index (χ2v) is 2.97. The van der Waals surface area contributed by atoms with Crippen LogP contribution in [0.2, 0.25) is 0 Å². The average Bonchev–Trinajstić information content (AvgIpc) is 2.20. The van der Waals surface area contributed by atoms with E-state index in [0.29, 0.717) is 6.54 Å². The van der Waals surface area contributed by atoms with Gasteiger partial charge in [-0.3, -0.25) is 4.98 Å². The molecule has 0 aliphatic heterocycles. The van der Waals surface area contributed by atoms with Crippen LogP contribution in [-0.2, 0) is 0 Å². The van der Waals surface area contributed by atoms with Crippen molar-refractivity contribution in [3.63, 3.8) is 0 Å². The average molecular weight is 193 g/mol. The predicted molar refractivity (Wildman–Crippen MR) is 56.2 cm³/mol. The van der Waals surface area contributed by atoms with E-state index in [9.17, 15) is 4.79 Å². The van der Waals surface area contributed by atoms with E-state index in [-0.39, 0.29) is 6.03 Å². The summed E-state index contributed by atoms with van der Waals surface area (Å²) in [6.07, 6.45) is 5.36. The highest BCUT2D eigenvalue weighted by Gasteiger charge is 1.98. The second kappa shape index (κ2) is 5.96. The van der Waals surface area contributed by atoms with Crippen molar-refractivity contribution >= 4 is 11.7 Å². The van der Waals surface area contributed by atoms with Crippen molar-refractivity contribution in [2.45, 2.75) is 19.8 Å². The Labute approximate surface area is 83.7 Å². The van der Waals surface area contributed by atoms with Crippen LogP contribution in [0.5, 0.6) is 0 Å². The number of unbranched alkanes of at least 4 members (excludes halogenated alkanes) is 1. The molecule has 0 aliphatic carbocycles. The maximum absolute atomic E-state index is 11.2. The third-order valence-electron chi connectivity index (χ3n) is 1.75.